The predicted molar refractivity (Wildman–Crippen MR) is 171 cm³/mol. The molecule has 7 nitrogen and oxygen atoms in total. The summed E-state index contributed by atoms with van der Waals surface area (Å²) in [6, 6.07) is 29.9. The SMILES string of the molecule is CCNC(=O)[C@H](Cc1ccccc1)N(Cc1ccc(C)cc1)C(=O)CN(c1cccc(C)c1C)S(=O)(=O)c1ccccc1. The molecular weight excluding hydrogens is 558 g/mol. The zero-order chi connectivity index (χ0) is 31.0. The fourth-order valence-electron chi connectivity index (χ4n) is 4.97. The quantitative estimate of drug-likeness (QED) is 0.231. The number of aryl methyl sites for hydroxylation is 2. The molecule has 4 aromatic rings. The van der Waals surface area contributed by atoms with Crippen molar-refractivity contribution in [2.24, 2.45) is 0 Å². The Morgan fingerprint density at radius 2 is 1.40 bits per heavy atom. The van der Waals surface area contributed by atoms with Gasteiger partial charge in [-0.2, -0.15) is 0 Å². The number of anilines is 1. The largest absolute Gasteiger partial charge is 0.355 e. The molecule has 0 aliphatic heterocycles. The lowest BCUT2D eigenvalue weighted by molar-refractivity contribution is -0.140. The van der Waals surface area contributed by atoms with Crippen LogP contribution < -0.4 is 9.62 Å². The van der Waals surface area contributed by atoms with Crippen molar-refractivity contribution in [1.82, 2.24) is 10.2 Å². The van der Waals surface area contributed by atoms with Gasteiger partial charge in [-0.05, 0) is 68.1 Å². The van der Waals surface area contributed by atoms with Crippen LogP contribution in [0, 0.1) is 20.8 Å². The van der Waals surface area contributed by atoms with Gasteiger partial charge in [-0.25, -0.2) is 8.42 Å². The average molecular weight is 598 g/mol. The van der Waals surface area contributed by atoms with Gasteiger partial charge in [0.25, 0.3) is 10.0 Å². The van der Waals surface area contributed by atoms with E-state index in [9.17, 15) is 18.0 Å². The van der Waals surface area contributed by atoms with Crippen molar-refractivity contribution < 1.29 is 18.0 Å². The molecule has 0 saturated carbocycles. The molecule has 1 N–H and O–H groups in total. The minimum absolute atomic E-state index is 0.0818. The average Bonchev–Trinajstić information content (AvgIpc) is 3.01. The van der Waals surface area contributed by atoms with Gasteiger partial charge >= 0.3 is 0 Å². The van der Waals surface area contributed by atoms with E-state index in [1.807, 2.05) is 88.4 Å². The minimum Gasteiger partial charge on any atom is -0.355 e. The molecule has 0 radical (unpaired) electrons. The number of sulfonamides is 1. The van der Waals surface area contributed by atoms with E-state index in [0.29, 0.717) is 12.2 Å². The van der Waals surface area contributed by atoms with Crippen molar-refractivity contribution in [3.05, 3.63) is 131 Å². The van der Waals surface area contributed by atoms with E-state index in [4.69, 9.17) is 0 Å². The van der Waals surface area contributed by atoms with Crippen molar-refractivity contribution in [2.75, 3.05) is 17.4 Å². The number of nitrogens with one attached hydrogen (secondary N) is 1. The number of benzene rings is 4. The maximum atomic E-state index is 14.5. The monoisotopic (exact) mass is 597 g/mol. The zero-order valence-corrected chi connectivity index (χ0v) is 26.0. The van der Waals surface area contributed by atoms with Crippen LogP contribution in [0.5, 0.6) is 0 Å². The van der Waals surface area contributed by atoms with Crippen LogP contribution in [0.15, 0.2) is 108 Å². The maximum Gasteiger partial charge on any atom is 0.264 e. The molecule has 224 valence electrons. The van der Waals surface area contributed by atoms with Crippen LogP contribution in [0.4, 0.5) is 5.69 Å². The smallest absolute Gasteiger partial charge is 0.264 e. The molecule has 43 heavy (non-hydrogen) atoms. The van der Waals surface area contributed by atoms with Gasteiger partial charge in [0, 0.05) is 19.5 Å². The highest BCUT2D eigenvalue weighted by Gasteiger charge is 2.35. The zero-order valence-electron chi connectivity index (χ0n) is 25.2. The number of carbonyl (C=O) groups is 2. The normalized spacial score (nSPS) is 11.9. The number of hydrogen-bond donors (Lipinski definition) is 1. The minimum atomic E-state index is -4.13. The fourth-order valence-corrected chi connectivity index (χ4v) is 6.47. The van der Waals surface area contributed by atoms with E-state index in [-0.39, 0.29) is 23.8 Å². The van der Waals surface area contributed by atoms with Crippen LogP contribution in [0.2, 0.25) is 0 Å². The number of rotatable bonds is 12. The Morgan fingerprint density at radius 3 is 2.02 bits per heavy atom. The third kappa shape index (κ3) is 7.70. The van der Waals surface area contributed by atoms with E-state index >= 15 is 0 Å². The Kier molecular flexibility index (Phi) is 10.4. The van der Waals surface area contributed by atoms with Crippen molar-refractivity contribution in [2.45, 2.75) is 51.6 Å². The lowest BCUT2D eigenvalue weighted by atomic mass is 10.0. The number of likely N-dealkylation sites (N-methyl/N-ethyl adjacent to an activating group) is 1. The first-order chi connectivity index (χ1) is 20.6. The summed E-state index contributed by atoms with van der Waals surface area (Å²) < 4.78 is 29.4. The van der Waals surface area contributed by atoms with Crippen LogP contribution >= 0.6 is 0 Å². The standard InChI is InChI=1S/C35H39N3O4S/c1-5-36-35(40)33(23-29-14-8-6-9-15-29)37(24-30-21-19-26(2)20-22-30)34(39)25-38(32-18-12-13-27(3)28(32)4)43(41,42)31-16-10-7-11-17-31/h6-22,33H,5,23-25H2,1-4H3,(H,36,40)/t33-/m0/s1. The lowest BCUT2D eigenvalue weighted by Crippen LogP contribution is -2.53. The van der Waals surface area contributed by atoms with Crippen molar-refractivity contribution in [1.29, 1.82) is 0 Å². The molecule has 0 bridgehead atoms. The van der Waals surface area contributed by atoms with Crippen molar-refractivity contribution in [3.8, 4) is 0 Å². The highest BCUT2D eigenvalue weighted by atomic mass is 32.2. The molecule has 0 aromatic heterocycles. The molecule has 0 heterocycles. The molecule has 8 heteroatoms. The van der Waals surface area contributed by atoms with E-state index in [1.165, 1.54) is 21.3 Å². The lowest BCUT2D eigenvalue weighted by Gasteiger charge is -2.34. The molecule has 0 aliphatic rings. The summed E-state index contributed by atoms with van der Waals surface area (Å²) in [6.45, 7) is 7.63. The van der Waals surface area contributed by atoms with Crippen LogP contribution in [0.1, 0.15) is 34.7 Å². The summed E-state index contributed by atoms with van der Waals surface area (Å²) in [7, 11) is -4.13. The van der Waals surface area contributed by atoms with Crippen molar-refractivity contribution >= 4 is 27.5 Å². The predicted octanol–water partition coefficient (Wildman–Crippen LogP) is 5.58. The second-order valence-corrected chi connectivity index (χ2v) is 12.5. The Balaban J connectivity index is 1.81. The number of amides is 2. The van der Waals surface area contributed by atoms with E-state index in [2.05, 4.69) is 5.32 Å². The van der Waals surface area contributed by atoms with Gasteiger partial charge in [0.2, 0.25) is 11.8 Å². The Labute approximate surface area is 255 Å². The topological polar surface area (TPSA) is 86.8 Å². The summed E-state index contributed by atoms with van der Waals surface area (Å²) in [6.07, 6.45) is 0.277. The van der Waals surface area contributed by atoms with Crippen LogP contribution in [0.25, 0.3) is 0 Å². The Hall–Kier alpha value is -4.43. The third-order valence-electron chi connectivity index (χ3n) is 7.55. The second kappa shape index (κ2) is 14.2. The first-order valence-electron chi connectivity index (χ1n) is 14.4. The highest BCUT2D eigenvalue weighted by Crippen LogP contribution is 2.29. The molecule has 0 saturated heterocycles. The third-order valence-corrected chi connectivity index (χ3v) is 9.32. The highest BCUT2D eigenvalue weighted by molar-refractivity contribution is 7.92. The number of nitrogens with zero attached hydrogens (tertiary/aromatic N) is 2. The molecule has 1 atom stereocenters. The molecule has 2 amide bonds. The number of hydrogen-bond acceptors (Lipinski definition) is 4. The van der Waals surface area contributed by atoms with Gasteiger partial charge in [-0.1, -0.05) is 90.5 Å². The van der Waals surface area contributed by atoms with E-state index in [1.54, 1.807) is 30.3 Å². The molecule has 0 aliphatic carbocycles. The molecular formula is C35H39N3O4S. The van der Waals surface area contributed by atoms with Crippen LogP contribution in [-0.4, -0.2) is 44.3 Å². The maximum absolute atomic E-state index is 14.5. The summed E-state index contributed by atoms with van der Waals surface area (Å²) in [5.74, 6) is -0.774. The van der Waals surface area contributed by atoms with Crippen LogP contribution in [-0.2, 0) is 32.6 Å². The van der Waals surface area contributed by atoms with Gasteiger partial charge in [0.15, 0.2) is 0 Å². The summed E-state index contributed by atoms with van der Waals surface area (Å²) in [5.41, 5.74) is 4.88. The molecule has 0 spiro atoms. The Bertz CT molecular complexity index is 1640. The van der Waals surface area contributed by atoms with Gasteiger partial charge < -0.3 is 10.2 Å². The van der Waals surface area contributed by atoms with Crippen LogP contribution in [0.3, 0.4) is 0 Å². The van der Waals surface area contributed by atoms with Gasteiger partial charge in [0.1, 0.15) is 12.6 Å². The molecule has 0 fully saturated rings. The van der Waals surface area contributed by atoms with Gasteiger partial charge in [0.05, 0.1) is 10.6 Å². The molecule has 0 unspecified atom stereocenters. The fraction of sp³-hybridized carbons (Fsp3) is 0.257. The van der Waals surface area contributed by atoms with E-state index in [0.717, 1.165) is 27.8 Å². The number of carbonyl (C=O) groups excluding carboxylic acids is 2. The molecule has 4 rings (SSSR count). The molecule has 4 aromatic carbocycles. The summed E-state index contributed by atoms with van der Waals surface area (Å²) in [5, 5.41) is 2.89. The van der Waals surface area contributed by atoms with Gasteiger partial charge in [-0.15, -0.1) is 0 Å². The first-order valence-corrected chi connectivity index (χ1v) is 15.9. The second-order valence-electron chi connectivity index (χ2n) is 10.7. The summed E-state index contributed by atoms with van der Waals surface area (Å²) >= 11 is 0. The first kappa shape index (κ1) is 31.5. The summed E-state index contributed by atoms with van der Waals surface area (Å²) in [4.78, 5) is 29.6. The van der Waals surface area contributed by atoms with E-state index < -0.39 is 28.5 Å². The van der Waals surface area contributed by atoms with Crippen molar-refractivity contribution in [3.63, 3.8) is 0 Å². The van der Waals surface area contributed by atoms with Gasteiger partial charge in [-0.3, -0.25) is 13.9 Å². The Morgan fingerprint density at radius 1 is 0.767 bits per heavy atom.